The lowest BCUT2D eigenvalue weighted by atomic mass is 9.91. The van der Waals surface area contributed by atoms with Crippen molar-refractivity contribution in [3.05, 3.63) is 56.2 Å². The van der Waals surface area contributed by atoms with Gasteiger partial charge in [0.2, 0.25) is 11.8 Å². The topological polar surface area (TPSA) is 181 Å². The van der Waals surface area contributed by atoms with Crippen molar-refractivity contribution in [1.29, 1.82) is 0 Å². The number of aromatic nitrogens is 1. The molecule has 11 nitrogen and oxygen atoms in total. The highest BCUT2D eigenvalue weighted by Gasteiger charge is 2.52. The van der Waals surface area contributed by atoms with E-state index in [9.17, 15) is 34.5 Å². The maximum atomic E-state index is 12.7. The summed E-state index contributed by atoms with van der Waals surface area (Å²) in [7, 11) is 0. The fraction of sp³-hybridized carbons (Fsp3) is 0.515. The van der Waals surface area contributed by atoms with Crippen LogP contribution in [0.3, 0.4) is 0 Å². The van der Waals surface area contributed by atoms with Crippen LogP contribution in [0.5, 0.6) is 0 Å². The average Bonchev–Trinajstić information content (AvgIpc) is 3.57. The first-order chi connectivity index (χ1) is 21.8. The van der Waals surface area contributed by atoms with E-state index in [4.69, 9.17) is 0 Å². The Balaban J connectivity index is 1.50. The molecule has 1 aromatic heterocycles. The number of aliphatic hydroxyl groups excluding tert-OH is 1. The maximum absolute atomic E-state index is 12.7. The van der Waals surface area contributed by atoms with Crippen LogP contribution in [0.1, 0.15) is 69.0 Å². The van der Waals surface area contributed by atoms with Crippen molar-refractivity contribution < 1.29 is 34.5 Å². The van der Waals surface area contributed by atoms with Crippen molar-refractivity contribution in [2.75, 3.05) is 12.4 Å². The Morgan fingerprint density at radius 1 is 1.00 bits per heavy atom. The molecule has 6 atom stereocenters. The number of H-pyrrole nitrogens is 1. The lowest BCUT2D eigenvalue weighted by Gasteiger charge is -2.20. The van der Waals surface area contributed by atoms with E-state index in [-0.39, 0.29) is 55.2 Å². The monoisotopic (exact) mass is 671 g/mol. The summed E-state index contributed by atoms with van der Waals surface area (Å²) >= 11 is 5.72. The lowest BCUT2D eigenvalue weighted by Crippen LogP contribution is -2.36. The van der Waals surface area contributed by atoms with Crippen molar-refractivity contribution in [2.24, 2.45) is 11.8 Å². The zero-order valence-corrected chi connectivity index (χ0v) is 28.2. The molecule has 46 heavy (non-hydrogen) atoms. The predicted molar refractivity (Wildman–Crippen MR) is 181 cm³/mol. The predicted octanol–water partition coefficient (Wildman–Crippen LogP) is 2.25. The van der Waals surface area contributed by atoms with Crippen LogP contribution in [0.25, 0.3) is 12.2 Å². The molecule has 2 saturated heterocycles. The highest BCUT2D eigenvalue weighted by atomic mass is 32.2. The second-order valence-corrected chi connectivity index (χ2v) is 14.7. The summed E-state index contributed by atoms with van der Waals surface area (Å²) in [6.45, 7) is 7.47. The van der Waals surface area contributed by atoms with Crippen LogP contribution in [-0.2, 0) is 37.4 Å². The van der Waals surface area contributed by atoms with E-state index in [1.807, 2.05) is 39.8 Å². The first-order valence-corrected chi connectivity index (χ1v) is 17.3. The zero-order chi connectivity index (χ0) is 33.4. The first kappa shape index (κ1) is 33.9. The third-order valence-electron chi connectivity index (χ3n) is 9.73. The third kappa shape index (κ3) is 6.96. The van der Waals surface area contributed by atoms with Crippen LogP contribution in [-0.4, -0.2) is 79.0 Å². The molecule has 0 aliphatic carbocycles. The van der Waals surface area contributed by atoms with Crippen molar-refractivity contribution >= 4 is 60.3 Å². The molecular weight excluding hydrogens is 629 g/mol. The van der Waals surface area contributed by atoms with Gasteiger partial charge in [0.05, 0.1) is 23.8 Å². The normalized spacial score (nSPS) is 28.3. The van der Waals surface area contributed by atoms with E-state index >= 15 is 0 Å². The van der Waals surface area contributed by atoms with Gasteiger partial charge < -0.3 is 36.3 Å². The number of thiol groups is 2. The number of carbonyl (C=O) groups is 4. The van der Waals surface area contributed by atoms with Crippen LogP contribution in [0.15, 0.2) is 33.7 Å². The number of rotatable bonds is 13. The fourth-order valence-electron chi connectivity index (χ4n) is 6.95. The lowest BCUT2D eigenvalue weighted by molar-refractivity contribution is -0.138. The third-order valence-corrected chi connectivity index (χ3v) is 11.3. The van der Waals surface area contributed by atoms with Gasteiger partial charge in [-0.1, -0.05) is 6.92 Å². The van der Waals surface area contributed by atoms with Crippen LogP contribution < -0.4 is 16.0 Å². The summed E-state index contributed by atoms with van der Waals surface area (Å²) in [6, 6.07) is -0.480. The molecule has 0 saturated carbocycles. The van der Waals surface area contributed by atoms with E-state index in [0.717, 1.165) is 56.4 Å². The molecule has 2 fully saturated rings. The Hall–Kier alpha value is -3.42. The Bertz CT molecular complexity index is 1590. The van der Waals surface area contributed by atoms with Gasteiger partial charge in [-0.15, -0.1) is 0 Å². The number of aliphatic carboxylic acids is 2. The van der Waals surface area contributed by atoms with Gasteiger partial charge in [0.25, 0.3) is 0 Å². The second-order valence-electron chi connectivity index (χ2n) is 12.7. The summed E-state index contributed by atoms with van der Waals surface area (Å²) < 4.78 is 0. The van der Waals surface area contributed by atoms with E-state index in [2.05, 4.69) is 33.6 Å². The van der Waals surface area contributed by atoms with Gasteiger partial charge in [0, 0.05) is 53.2 Å². The molecule has 13 heteroatoms. The molecule has 1 unspecified atom stereocenters. The molecule has 4 aliphatic rings. The quantitative estimate of drug-likeness (QED) is 0.0893. The number of hydrogen-bond donors (Lipinski definition) is 8. The SMILES string of the molecule is CC1=C(CCC(=O)O)/C(=C/c2[nH]c(/C=C3\NC(=O)[C@H](C)[C@H]3[C@@H]3C[SH+]3)c(C)c2CCC(=O)O)NC1C[C@H]1NC(=O)C([C@@H](S)CO)=C1C. The largest absolute Gasteiger partial charge is 0.481 e. The molecule has 248 valence electrons. The average molecular weight is 672 g/mol. The van der Waals surface area contributed by atoms with E-state index < -0.39 is 17.2 Å². The number of aliphatic hydroxyl groups is 1. The maximum Gasteiger partial charge on any atom is 0.303 e. The fourth-order valence-corrected chi connectivity index (χ4v) is 8.27. The minimum atomic E-state index is -0.914. The number of carboxylic acid groups (broad SMARTS) is 2. The Morgan fingerprint density at radius 3 is 2.28 bits per heavy atom. The zero-order valence-electron chi connectivity index (χ0n) is 26.4. The van der Waals surface area contributed by atoms with Crippen molar-refractivity contribution in [2.45, 2.75) is 82.4 Å². The summed E-state index contributed by atoms with van der Waals surface area (Å²) in [5, 5.41) is 38.1. The highest BCUT2D eigenvalue weighted by Crippen LogP contribution is 2.39. The summed E-state index contributed by atoms with van der Waals surface area (Å²) in [6.07, 6.45) is 4.89. The number of amides is 2. The molecular formula is C33H43N4O7S2+. The Labute approximate surface area is 277 Å². The minimum Gasteiger partial charge on any atom is -0.481 e. The Kier molecular flexibility index (Phi) is 10.1. The molecule has 7 N–H and O–H groups in total. The van der Waals surface area contributed by atoms with Gasteiger partial charge in [0.1, 0.15) is 0 Å². The Morgan fingerprint density at radius 2 is 1.65 bits per heavy atom. The molecule has 5 rings (SSSR count). The summed E-state index contributed by atoms with van der Waals surface area (Å²) in [5.41, 5.74) is 8.02. The number of carboxylic acids is 2. The molecule has 2 amide bonds. The van der Waals surface area contributed by atoms with Gasteiger partial charge in [-0.3, -0.25) is 19.2 Å². The summed E-state index contributed by atoms with van der Waals surface area (Å²) in [5.74, 6) is -0.980. The first-order valence-electron chi connectivity index (χ1n) is 15.6. The van der Waals surface area contributed by atoms with Crippen LogP contribution in [0, 0.1) is 18.8 Å². The number of carbonyl (C=O) groups excluding carboxylic acids is 2. The molecule has 1 aromatic rings. The van der Waals surface area contributed by atoms with Crippen molar-refractivity contribution in [3.63, 3.8) is 0 Å². The van der Waals surface area contributed by atoms with E-state index in [0.29, 0.717) is 30.1 Å². The molecule has 0 spiro atoms. The van der Waals surface area contributed by atoms with Gasteiger partial charge >= 0.3 is 11.9 Å². The number of allylic oxidation sites excluding steroid dienone is 2. The minimum absolute atomic E-state index is 0.0118. The highest BCUT2D eigenvalue weighted by molar-refractivity contribution is 7.86. The van der Waals surface area contributed by atoms with Crippen molar-refractivity contribution in [1.82, 2.24) is 20.9 Å². The summed E-state index contributed by atoms with van der Waals surface area (Å²) in [4.78, 5) is 51.9. The smallest absolute Gasteiger partial charge is 0.303 e. The molecule has 5 heterocycles. The second kappa shape index (κ2) is 13.7. The molecule has 4 aliphatic heterocycles. The van der Waals surface area contributed by atoms with Crippen LogP contribution in [0.4, 0.5) is 0 Å². The number of nitrogens with one attached hydrogen (secondary N) is 4. The number of aromatic amines is 1. The van der Waals surface area contributed by atoms with Gasteiger partial charge in [-0.05, 0) is 91.8 Å². The van der Waals surface area contributed by atoms with Gasteiger partial charge in [0.15, 0.2) is 11.0 Å². The molecule has 0 aromatic carbocycles. The van der Waals surface area contributed by atoms with Crippen LogP contribution in [0.2, 0.25) is 0 Å². The van der Waals surface area contributed by atoms with E-state index in [1.54, 1.807) is 0 Å². The van der Waals surface area contributed by atoms with Gasteiger partial charge in [-0.2, -0.15) is 12.6 Å². The van der Waals surface area contributed by atoms with Crippen LogP contribution >= 0.6 is 12.6 Å². The van der Waals surface area contributed by atoms with E-state index in [1.165, 1.54) is 11.8 Å². The van der Waals surface area contributed by atoms with Crippen molar-refractivity contribution in [3.8, 4) is 0 Å². The van der Waals surface area contributed by atoms with Gasteiger partial charge in [-0.25, -0.2) is 0 Å². The standard InChI is InChI=1S/C33H42N4O7S2/c1-14-18(5-7-28(39)40)23(34-20(14)9-22-16(3)31(26(45)12-38)33(44)36-22)11-24-19(6-8-29(41)42)15(2)21(35-24)10-25-30(27-13-46-27)17(4)32(43)37-25/h10-11,17,20,22,26-27,30,34-35,38,45H,5-9,12-13H2,1-4H3,(H,36,44)(H,37,43)(H,39,40)(H,41,42)/p+1/b23-11-,25-10-/t17-,20?,22-,26+,27+,30-/m1/s1. The number of hydrogen-bond acceptors (Lipinski definition) is 7. The molecule has 0 bridgehead atoms. The molecule has 0 radical (unpaired) electrons.